The van der Waals surface area contributed by atoms with E-state index in [1.807, 2.05) is 7.05 Å². The maximum Gasteiger partial charge on any atom is 0.0714 e. The summed E-state index contributed by atoms with van der Waals surface area (Å²) in [5, 5.41) is 3.18. The highest BCUT2D eigenvalue weighted by Gasteiger charge is 2.22. The van der Waals surface area contributed by atoms with Crippen LogP contribution < -0.4 is 5.32 Å². The van der Waals surface area contributed by atoms with Crippen molar-refractivity contribution in [3.63, 3.8) is 0 Å². The van der Waals surface area contributed by atoms with E-state index in [9.17, 15) is 0 Å². The Balaban J connectivity index is 1.56. The van der Waals surface area contributed by atoms with Crippen molar-refractivity contribution in [1.29, 1.82) is 0 Å². The number of unbranched alkanes of at least 4 members (excludes halogenated alkanes) is 2. The van der Waals surface area contributed by atoms with E-state index in [4.69, 9.17) is 4.74 Å². The van der Waals surface area contributed by atoms with Crippen LogP contribution in [-0.2, 0) is 11.3 Å². The number of hydrogen-bond acceptors (Lipinski definition) is 3. The lowest BCUT2D eigenvalue weighted by atomic mass is 10.2. The normalized spacial score (nSPS) is 19.6. The molecular formula is C17H28N2O. The number of hydrogen-bond donors (Lipinski definition) is 1. The van der Waals surface area contributed by atoms with Crippen LogP contribution in [0.4, 0.5) is 0 Å². The molecule has 0 amide bonds. The fourth-order valence-corrected chi connectivity index (χ4v) is 2.75. The van der Waals surface area contributed by atoms with Crippen molar-refractivity contribution in [1.82, 2.24) is 10.2 Å². The Morgan fingerprint density at radius 3 is 2.85 bits per heavy atom. The van der Waals surface area contributed by atoms with Gasteiger partial charge in [0, 0.05) is 26.2 Å². The van der Waals surface area contributed by atoms with Crippen molar-refractivity contribution in [3.8, 4) is 0 Å². The Labute approximate surface area is 123 Å². The van der Waals surface area contributed by atoms with Crippen LogP contribution in [0.1, 0.15) is 31.2 Å². The topological polar surface area (TPSA) is 24.5 Å². The summed E-state index contributed by atoms with van der Waals surface area (Å²) in [6.07, 6.45) is 5.34. The van der Waals surface area contributed by atoms with Crippen LogP contribution in [0.2, 0.25) is 0 Å². The van der Waals surface area contributed by atoms with Crippen molar-refractivity contribution in [3.05, 3.63) is 35.9 Å². The van der Waals surface area contributed by atoms with Crippen LogP contribution in [0.3, 0.4) is 0 Å². The Hall–Kier alpha value is -0.900. The first kappa shape index (κ1) is 15.5. The van der Waals surface area contributed by atoms with E-state index in [0.717, 1.165) is 26.2 Å². The zero-order valence-corrected chi connectivity index (χ0v) is 12.7. The molecule has 1 aromatic carbocycles. The van der Waals surface area contributed by atoms with Gasteiger partial charge in [0.1, 0.15) is 0 Å². The number of nitrogens with one attached hydrogen (secondary N) is 1. The molecule has 1 heterocycles. The van der Waals surface area contributed by atoms with Crippen molar-refractivity contribution >= 4 is 0 Å². The first-order chi connectivity index (χ1) is 9.88. The summed E-state index contributed by atoms with van der Waals surface area (Å²) in [5.74, 6) is 0. The zero-order chi connectivity index (χ0) is 14.0. The van der Waals surface area contributed by atoms with Gasteiger partial charge in [0.2, 0.25) is 0 Å². The van der Waals surface area contributed by atoms with Crippen LogP contribution in [0.25, 0.3) is 0 Å². The molecular weight excluding hydrogens is 248 g/mol. The molecule has 1 unspecified atom stereocenters. The number of likely N-dealkylation sites (tertiary alicyclic amines) is 1. The average Bonchev–Trinajstić information content (AvgIpc) is 2.91. The molecule has 2 rings (SSSR count). The van der Waals surface area contributed by atoms with Gasteiger partial charge in [-0.15, -0.1) is 0 Å². The first-order valence-electron chi connectivity index (χ1n) is 7.91. The molecule has 1 aliphatic rings. The third-order valence-corrected chi connectivity index (χ3v) is 3.90. The van der Waals surface area contributed by atoms with Crippen LogP contribution in [0, 0.1) is 0 Å². The minimum atomic E-state index is 0.447. The molecule has 1 aromatic rings. The summed E-state index contributed by atoms with van der Waals surface area (Å²) in [7, 11) is 2.01. The van der Waals surface area contributed by atoms with Crippen LogP contribution >= 0.6 is 0 Å². The SMILES string of the molecule is CNCCCCCOC1CCN(Cc2ccccc2)C1. The zero-order valence-electron chi connectivity index (χ0n) is 12.7. The Morgan fingerprint density at radius 1 is 1.20 bits per heavy atom. The number of benzene rings is 1. The molecule has 1 atom stereocenters. The van der Waals surface area contributed by atoms with Gasteiger partial charge >= 0.3 is 0 Å². The fourth-order valence-electron chi connectivity index (χ4n) is 2.75. The third kappa shape index (κ3) is 5.61. The average molecular weight is 276 g/mol. The van der Waals surface area contributed by atoms with Gasteiger partial charge in [0.25, 0.3) is 0 Å². The van der Waals surface area contributed by atoms with E-state index >= 15 is 0 Å². The molecule has 0 spiro atoms. The molecule has 3 heteroatoms. The van der Waals surface area contributed by atoms with E-state index in [0.29, 0.717) is 6.10 Å². The molecule has 1 saturated heterocycles. The lowest BCUT2D eigenvalue weighted by Crippen LogP contribution is -2.23. The largest absolute Gasteiger partial charge is 0.377 e. The first-order valence-corrected chi connectivity index (χ1v) is 7.91. The van der Waals surface area contributed by atoms with E-state index in [1.165, 1.54) is 37.8 Å². The maximum absolute atomic E-state index is 5.99. The molecule has 0 bridgehead atoms. The van der Waals surface area contributed by atoms with Gasteiger partial charge in [-0.05, 0) is 44.8 Å². The molecule has 0 saturated carbocycles. The van der Waals surface area contributed by atoms with Crippen molar-refractivity contribution in [2.75, 3.05) is 33.3 Å². The van der Waals surface area contributed by atoms with Crippen LogP contribution in [0.15, 0.2) is 30.3 Å². The Morgan fingerprint density at radius 2 is 2.05 bits per heavy atom. The molecule has 1 aliphatic heterocycles. The highest BCUT2D eigenvalue weighted by Crippen LogP contribution is 2.16. The molecule has 0 aliphatic carbocycles. The predicted octanol–water partition coefficient (Wildman–Crippen LogP) is 2.67. The minimum absolute atomic E-state index is 0.447. The summed E-state index contributed by atoms with van der Waals surface area (Å²) < 4.78 is 5.99. The summed E-state index contributed by atoms with van der Waals surface area (Å²) in [4.78, 5) is 2.50. The van der Waals surface area contributed by atoms with Crippen LogP contribution in [-0.4, -0.2) is 44.3 Å². The molecule has 0 radical (unpaired) electrons. The predicted molar refractivity (Wildman–Crippen MR) is 83.9 cm³/mol. The smallest absolute Gasteiger partial charge is 0.0714 e. The van der Waals surface area contributed by atoms with E-state index in [2.05, 4.69) is 40.5 Å². The summed E-state index contributed by atoms with van der Waals surface area (Å²) in [5.41, 5.74) is 1.40. The van der Waals surface area contributed by atoms with Gasteiger partial charge in [-0.2, -0.15) is 0 Å². The van der Waals surface area contributed by atoms with Gasteiger partial charge in [-0.1, -0.05) is 30.3 Å². The molecule has 1 N–H and O–H groups in total. The molecule has 3 nitrogen and oxygen atoms in total. The molecule has 112 valence electrons. The number of nitrogens with zero attached hydrogens (tertiary/aromatic N) is 1. The second-order valence-corrected chi connectivity index (χ2v) is 5.67. The van der Waals surface area contributed by atoms with Crippen LogP contribution in [0.5, 0.6) is 0 Å². The second-order valence-electron chi connectivity index (χ2n) is 5.67. The highest BCUT2D eigenvalue weighted by molar-refractivity contribution is 5.14. The number of ether oxygens (including phenoxy) is 1. The Kier molecular flexibility index (Phi) is 7.06. The van der Waals surface area contributed by atoms with Gasteiger partial charge in [-0.3, -0.25) is 4.90 Å². The van der Waals surface area contributed by atoms with E-state index in [-0.39, 0.29) is 0 Å². The highest BCUT2D eigenvalue weighted by atomic mass is 16.5. The summed E-state index contributed by atoms with van der Waals surface area (Å²) in [6, 6.07) is 10.7. The van der Waals surface area contributed by atoms with Crippen molar-refractivity contribution in [2.24, 2.45) is 0 Å². The van der Waals surface area contributed by atoms with Gasteiger partial charge < -0.3 is 10.1 Å². The quantitative estimate of drug-likeness (QED) is 0.702. The molecule has 0 aromatic heterocycles. The monoisotopic (exact) mass is 276 g/mol. The van der Waals surface area contributed by atoms with Gasteiger partial charge in [0.05, 0.1) is 6.10 Å². The van der Waals surface area contributed by atoms with E-state index < -0.39 is 0 Å². The fraction of sp³-hybridized carbons (Fsp3) is 0.647. The minimum Gasteiger partial charge on any atom is -0.377 e. The van der Waals surface area contributed by atoms with E-state index in [1.54, 1.807) is 0 Å². The molecule has 1 fully saturated rings. The number of rotatable bonds is 9. The van der Waals surface area contributed by atoms with Gasteiger partial charge in [-0.25, -0.2) is 0 Å². The standard InChI is InChI=1S/C17H28N2O/c1-18-11-6-3-7-13-20-17-10-12-19(15-17)14-16-8-4-2-5-9-16/h2,4-5,8-9,17-18H,3,6-7,10-15H2,1H3. The lowest BCUT2D eigenvalue weighted by molar-refractivity contribution is 0.0559. The maximum atomic E-state index is 5.99. The van der Waals surface area contributed by atoms with Crippen molar-refractivity contribution < 1.29 is 4.74 Å². The second kappa shape index (κ2) is 9.11. The van der Waals surface area contributed by atoms with Crippen molar-refractivity contribution in [2.45, 2.75) is 38.3 Å². The summed E-state index contributed by atoms with van der Waals surface area (Å²) >= 11 is 0. The lowest BCUT2D eigenvalue weighted by Gasteiger charge is -2.16. The summed E-state index contributed by atoms with van der Waals surface area (Å²) in [6.45, 7) is 5.36. The van der Waals surface area contributed by atoms with Gasteiger partial charge in [0.15, 0.2) is 0 Å². The molecule has 20 heavy (non-hydrogen) atoms. The third-order valence-electron chi connectivity index (χ3n) is 3.90. The Bertz CT molecular complexity index is 355.